The van der Waals surface area contributed by atoms with Crippen molar-refractivity contribution in [1.29, 1.82) is 0 Å². The van der Waals surface area contributed by atoms with Crippen molar-refractivity contribution in [3.63, 3.8) is 0 Å². The van der Waals surface area contributed by atoms with Crippen molar-refractivity contribution in [3.8, 4) is 0 Å². The lowest BCUT2D eigenvalue weighted by Crippen LogP contribution is -2.49. The van der Waals surface area contributed by atoms with Gasteiger partial charge in [0.25, 0.3) is 0 Å². The van der Waals surface area contributed by atoms with Crippen LogP contribution in [0.3, 0.4) is 0 Å². The molecule has 27 heavy (non-hydrogen) atoms. The Morgan fingerprint density at radius 2 is 1.89 bits per heavy atom. The molecule has 2 aromatic rings. The number of nitrogens with zero attached hydrogens (tertiary/aromatic N) is 1. The molecule has 0 aromatic heterocycles. The Labute approximate surface area is 164 Å². The van der Waals surface area contributed by atoms with Gasteiger partial charge >= 0.3 is 6.03 Å². The maximum absolute atomic E-state index is 13.0. The van der Waals surface area contributed by atoms with Gasteiger partial charge in [-0.05, 0) is 43.2 Å². The molecule has 2 aromatic carbocycles. The van der Waals surface area contributed by atoms with Gasteiger partial charge in [0.2, 0.25) is 10.0 Å². The zero-order valence-corrected chi connectivity index (χ0v) is 16.3. The topological polar surface area (TPSA) is 78.5 Å². The first-order valence-electron chi connectivity index (χ1n) is 8.84. The average molecular weight is 408 g/mol. The first kappa shape index (κ1) is 19.7. The summed E-state index contributed by atoms with van der Waals surface area (Å²) in [5, 5.41) is 5.90. The third kappa shape index (κ3) is 5.00. The summed E-state index contributed by atoms with van der Waals surface area (Å²) in [7, 11) is -3.66. The summed E-state index contributed by atoms with van der Waals surface area (Å²) in [4.78, 5) is 12.3. The quantitative estimate of drug-likeness (QED) is 0.793. The largest absolute Gasteiger partial charge is 0.336 e. The minimum absolute atomic E-state index is 0.177. The number of rotatable bonds is 5. The fraction of sp³-hybridized carbons (Fsp3) is 0.316. The molecule has 2 N–H and O–H groups in total. The second kappa shape index (κ2) is 8.73. The van der Waals surface area contributed by atoms with Crippen molar-refractivity contribution in [2.75, 3.05) is 18.4 Å². The third-order valence-corrected chi connectivity index (χ3v) is 6.69. The summed E-state index contributed by atoms with van der Waals surface area (Å²) in [6.45, 7) is 0.681. The van der Waals surface area contributed by atoms with Crippen molar-refractivity contribution in [2.45, 2.75) is 30.2 Å². The predicted molar refractivity (Wildman–Crippen MR) is 106 cm³/mol. The number of hydrogen-bond acceptors (Lipinski definition) is 3. The summed E-state index contributed by atoms with van der Waals surface area (Å²) in [6, 6.07) is 14.7. The molecule has 1 heterocycles. The number of nitrogens with one attached hydrogen (secondary N) is 2. The van der Waals surface area contributed by atoms with Gasteiger partial charge in [0, 0.05) is 29.8 Å². The van der Waals surface area contributed by atoms with E-state index in [-0.39, 0.29) is 23.5 Å². The van der Waals surface area contributed by atoms with Crippen LogP contribution in [0, 0.1) is 0 Å². The molecule has 0 spiro atoms. The second-order valence-corrected chi connectivity index (χ2v) is 8.75. The monoisotopic (exact) mass is 407 g/mol. The van der Waals surface area contributed by atoms with E-state index in [1.165, 1.54) is 10.4 Å². The molecule has 1 saturated heterocycles. The molecule has 1 atom stereocenters. The number of sulfonamides is 1. The van der Waals surface area contributed by atoms with E-state index >= 15 is 0 Å². The molecule has 0 radical (unpaired) electrons. The molecule has 3 rings (SSSR count). The van der Waals surface area contributed by atoms with Crippen molar-refractivity contribution in [2.24, 2.45) is 0 Å². The Morgan fingerprint density at radius 1 is 1.11 bits per heavy atom. The van der Waals surface area contributed by atoms with Gasteiger partial charge in [0.1, 0.15) is 0 Å². The van der Waals surface area contributed by atoms with Crippen molar-refractivity contribution >= 4 is 33.3 Å². The molecule has 8 heteroatoms. The van der Waals surface area contributed by atoms with E-state index in [0.29, 0.717) is 23.7 Å². The van der Waals surface area contributed by atoms with Crippen LogP contribution < -0.4 is 10.6 Å². The molecule has 1 aliphatic rings. The van der Waals surface area contributed by atoms with Crippen molar-refractivity contribution in [1.82, 2.24) is 9.62 Å². The molecule has 2 amide bonds. The van der Waals surface area contributed by atoms with Crippen LogP contribution >= 0.6 is 11.6 Å². The Bertz CT molecular complexity index is 890. The minimum Gasteiger partial charge on any atom is -0.336 e. The molecule has 0 aliphatic carbocycles. The molecule has 0 bridgehead atoms. The summed E-state index contributed by atoms with van der Waals surface area (Å²) >= 11 is 5.96. The summed E-state index contributed by atoms with van der Waals surface area (Å²) in [5.74, 6) is 0. The lowest BCUT2D eigenvalue weighted by molar-refractivity contribution is 0.231. The van der Waals surface area contributed by atoms with Crippen LogP contribution in [-0.2, 0) is 10.0 Å². The van der Waals surface area contributed by atoms with Crippen LogP contribution in [-0.4, -0.2) is 37.9 Å². The predicted octanol–water partition coefficient (Wildman–Crippen LogP) is 3.70. The Kier molecular flexibility index (Phi) is 6.36. The van der Waals surface area contributed by atoms with Crippen LogP contribution in [0.1, 0.15) is 19.3 Å². The lowest BCUT2D eigenvalue weighted by Gasteiger charge is -2.34. The molecule has 6 nitrogen and oxygen atoms in total. The Hall–Kier alpha value is -2.09. The zero-order valence-electron chi connectivity index (χ0n) is 14.8. The van der Waals surface area contributed by atoms with Crippen LogP contribution in [0.2, 0.25) is 5.02 Å². The normalized spacial score (nSPS) is 18.0. The summed E-state index contributed by atoms with van der Waals surface area (Å²) < 4.78 is 27.5. The standard InChI is InChI=1S/C19H22ClN3O3S/c20-15-7-6-11-18(13-15)27(25,26)23-12-5-4-10-17(23)14-21-19(24)22-16-8-2-1-3-9-16/h1-3,6-9,11,13,17H,4-5,10,12,14H2,(H2,21,22,24)/t17-/m0/s1. The van der Waals surface area contributed by atoms with E-state index in [1.54, 1.807) is 30.3 Å². The first-order chi connectivity index (χ1) is 13.0. The maximum atomic E-state index is 13.0. The summed E-state index contributed by atoms with van der Waals surface area (Å²) in [6.07, 6.45) is 2.42. The van der Waals surface area contributed by atoms with E-state index < -0.39 is 10.0 Å². The molecule has 0 unspecified atom stereocenters. The minimum atomic E-state index is -3.66. The fourth-order valence-electron chi connectivity index (χ4n) is 3.16. The molecular weight excluding hydrogens is 386 g/mol. The third-order valence-electron chi connectivity index (χ3n) is 4.51. The van der Waals surface area contributed by atoms with Crippen LogP contribution in [0.4, 0.5) is 10.5 Å². The van der Waals surface area contributed by atoms with Crippen LogP contribution in [0.5, 0.6) is 0 Å². The molecule has 144 valence electrons. The highest BCUT2D eigenvalue weighted by Gasteiger charge is 2.33. The number of carbonyl (C=O) groups is 1. The number of urea groups is 1. The number of piperidine rings is 1. The van der Waals surface area contributed by atoms with Crippen molar-refractivity contribution < 1.29 is 13.2 Å². The number of anilines is 1. The number of amides is 2. The van der Waals surface area contributed by atoms with Gasteiger partial charge in [-0.2, -0.15) is 4.31 Å². The zero-order chi connectivity index (χ0) is 19.3. The number of para-hydroxylation sites is 1. The number of carbonyl (C=O) groups excluding carboxylic acids is 1. The highest BCUT2D eigenvalue weighted by Crippen LogP contribution is 2.26. The van der Waals surface area contributed by atoms with Crippen LogP contribution in [0.15, 0.2) is 59.5 Å². The number of hydrogen-bond donors (Lipinski definition) is 2. The van der Waals surface area contributed by atoms with Gasteiger partial charge in [-0.3, -0.25) is 0 Å². The second-order valence-electron chi connectivity index (χ2n) is 6.42. The molecule has 0 saturated carbocycles. The van der Waals surface area contributed by atoms with Gasteiger partial charge in [0.15, 0.2) is 0 Å². The highest BCUT2D eigenvalue weighted by atomic mass is 35.5. The van der Waals surface area contributed by atoms with Gasteiger partial charge in [0.05, 0.1) is 4.90 Å². The van der Waals surface area contributed by atoms with E-state index in [1.807, 2.05) is 18.2 Å². The Balaban J connectivity index is 1.67. The first-order valence-corrected chi connectivity index (χ1v) is 10.7. The van der Waals surface area contributed by atoms with E-state index in [9.17, 15) is 13.2 Å². The van der Waals surface area contributed by atoms with Crippen LogP contribution in [0.25, 0.3) is 0 Å². The highest BCUT2D eigenvalue weighted by molar-refractivity contribution is 7.89. The number of benzene rings is 2. The average Bonchev–Trinajstić information content (AvgIpc) is 2.67. The van der Waals surface area contributed by atoms with Gasteiger partial charge in [-0.25, -0.2) is 13.2 Å². The van der Waals surface area contributed by atoms with Gasteiger partial charge in [-0.1, -0.05) is 42.3 Å². The van der Waals surface area contributed by atoms with Gasteiger partial charge in [-0.15, -0.1) is 0 Å². The molecular formula is C19H22ClN3O3S. The van der Waals surface area contributed by atoms with E-state index in [0.717, 1.165) is 12.8 Å². The maximum Gasteiger partial charge on any atom is 0.319 e. The smallest absolute Gasteiger partial charge is 0.319 e. The Morgan fingerprint density at radius 3 is 2.63 bits per heavy atom. The molecule has 1 aliphatic heterocycles. The van der Waals surface area contributed by atoms with Crippen molar-refractivity contribution in [3.05, 3.63) is 59.6 Å². The van der Waals surface area contributed by atoms with E-state index in [4.69, 9.17) is 11.6 Å². The van der Waals surface area contributed by atoms with Gasteiger partial charge < -0.3 is 10.6 Å². The molecule has 1 fully saturated rings. The number of halogens is 1. The fourth-order valence-corrected chi connectivity index (χ4v) is 5.16. The lowest BCUT2D eigenvalue weighted by atomic mass is 10.1. The summed E-state index contributed by atoms with van der Waals surface area (Å²) in [5.41, 5.74) is 0.682. The SMILES string of the molecule is O=C(NC[C@@H]1CCCCN1S(=O)(=O)c1cccc(Cl)c1)Nc1ccccc1. The van der Waals surface area contributed by atoms with E-state index in [2.05, 4.69) is 10.6 Å².